The van der Waals surface area contributed by atoms with Crippen LogP contribution in [-0.4, -0.2) is 58.0 Å². The molecule has 10 heteroatoms. The molecule has 32 heavy (non-hydrogen) atoms. The van der Waals surface area contributed by atoms with E-state index in [2.05, 4.69) is 10.1 Å². The summed E-state index contributed by atoms with van der Waals surface area (Å²) in [5.41, 5.74) is 0.583. The van der Waals surface area contributed by atoms with Gasteiger partial charge in [0.15, 0.2) is 6.61 Å². The maximum absolute atomic E-state index is 13.0. The fourth-order valence-electron chi connectivity index (χ4n) is 2.94. The molecule has 0 aliphatic rings. The Bertz CT molecular complexity index is 1050. The molecule has 0 spiro atoms. The molecule has 0 aromatic heterocycles. The van der Waals surface area contributed by atoms with Crippen molar-refractivity contribution in [3.8, 4) is 11.5 Å². The van der Waals surface area contributed by atoms with Crippen LogP contribution in [0.15, 0.2) is 47.4 Å². The van der Waals surface area contributed by atoms with Crippen molar-refractivity contribution in [1.29, 1.82) is 0 Å². The Kier molecular flexibility index (Phi) is 9.03. The number of amides is 1. The van der Waals surface area contributed by atoms with Crippen LogP contribution in [0.2, 0.25) is 0 Å². The van der Waals surface area contributed by atoms with Crippen LogP contribution in [0.4, 0.5) is 5.69 Å². The van der Waals surface area contributed by atoms with E-state index < -0.39 is 21.9 Å². The van der Waals surface area contributed by atoms with Crippen LogP contribution in [0, 0.1) is 0 Å². The number of carbonyl (C=O) groups is 2. The third-order valence-electron chi connectivity index (χ3n) is 4.48. The van der Waals surface area contributed by atoms with Gasteiger partial charge in [-0.1, -0.05) is 19.9 Å². The van der Waals surface area contributed by atoms with Crippen LogP contribution >= 0.6 is 0 Å². The quantitative estimate of drug-likeness (QED) is 0.509. The number of hydrogen-bond donors (Lipinski definition) is 1. The first-order valence-electron chi connectivity index (χ1n) is 10.1. The van der Waals surface area contributed by atoms with E-state index in [1.165, 1.54) is 29.6 Å². The molecule has 0 heterocycles. The van der Waals surface area contributed by atoms with Crippen molar-refractivity contribution >= 4 is 27.6 Å². The van der Waals surface area contributed by atoms with Gasteiger partial charge in [-0.2, -0.15) is 4.31 Å². The minimum Gasteiger partial charge on any atom is -0.492 e. The van der Waals surface area contributed by atoms with Crippen molar-refractivity contribution in [2.45, 2.75) is 25.7 Å². The van der Waals surface area contributed by atoms with E-state index in [0.29, 0.717) is 31.0 Å². The predicted molar refractivity (Wildman–Crippen MR) is 120 cm³/mol. The summed E-state index contributed by atoms with van der Waals surface area (Å²) in [6.45, 7) is 5.83. The highest BCUT2D eigenvalue weighted by molar-refractivity contribution is 7.89. The maximum Gasteiger partial charge on any atom is 0.337 e. The number of rotatable bonds is 11. The molecule has 0 atom stereocenters. The normalized spacial score (nSPS) is 11.2. The van der Waals surface area contributed by atoms with Crippen LogP contribution in [0.25, 0.3) is 0 Å². The van der Waals surface area contributed by atoms with Gasteiger partial charge in [-0.15, -0.1) is 0 Å². The van der Waals surface area contributed by atoms with E-state index in [9.17, 15) is 18.0 Å². The Balaban J connectivity index is 2.17. The van der Waals surface area contributed by atoms with Gasteiger partial charge in [-0.3, -0.25) is 4.79 Å². The number of carbonyl (C=O) groups excluding carboxylic acids is 2. The Morgan fingerprint density at radius 3 is 2.34 bits per heavy atom. The fraction of sp³-hybridized carbons (Fsp3) is 0.364. The molecule has 0 saturated heterocycles. The minimum atomic E-state index is -3.80. The van der Waals surface area contributed by atoms with Crippen LogP contribution < -0.4 is 14.8 Å². The zero-order valence-corrected chi connectivity index (χ0v) is 19.4. The third kappa shape index (κ3) is 6.21. The number of ether oxygens (including phenoxy) is 3. The highest BCUT2D eigenvalue weighted by Gasteiger charge is 2.26. The summed E-state index contributed by atoms with van der Waals surface area (Å²) >= 11 is 0. The van der Waals surface area contributed by atoms with Crippen LogP contribution in [0.3, 0.4) is 0 Å². The number of hydrogen-bond acceptors (Lipinski definition) is 7. The number of benzene rings is 2. The first kappa shape index (κ1) is 25.2. The topological polar surface area (TPSA) is 111 Å². The molecule has 1 N–H and O–H groups in total. The Hall–Kier alpha value is -3.11. The first-order valence-corrected chi connectivity index (χ1v) is 11.6. The average molecular weight is 465 g/mol. The summed E-state index contributed by atoms with van der Waals surface area (Å²) in [6, 6.07) is 10.7. The van der Waals surface area contributed by atoms with Crippen molar-refractivity contribution in [1.82, 2.24) is 4.31 Å². The van der Waals surface area contributed by atoms with Gasteiger partial charge in [0.25, 0.3) is 5.91 Å². The molecule has 174 valence electrons. The summed E-state index contributed by atoms with van der Waals surface area (Å²) in [5, 5.41) is 2.62. The monoisotopic (exact) mass is 464 g/mol. The summed E-state index contributed by atoms with van der Waals surface area (Å²) in [7, 11) is -2.53. The van der Waals surface area contributed by atoms with Crippen LogP contribution in [-0.2, 0) is 19.6 Å². The lowest BCUT2D eigenvalue weighted by atomic mass is 10.2. The maximum atomic E-state index is 13.0. The zero-order chi connectivity index (χ0) is 23.7. The minimum absolute atomic E-state index is 0.0208. The number of nitrogens with zero attached hydrogens (tertiary/aromatic N) is 1. The smallest absolute Gasteiger partial charge is 0.337 e. The molecular weight excluding hydrogens is 436 g/mol. The van der Waals surface area contributed by atoms with E-state index in [4.69, 9.17) is 9.47 Å². The van der Waals surface area contributed by atoms with Crippen molar-refractivity contribution < 1.29 is 32.2 Å². The number of methoxy groups -OCH3 is 1. The molecule has 1 amide bonds. The van der Waals surface area contributed by atoms with E-state index in [-0.39, 0.29) is 22.9 Å². The molecule has 2 aromatic carbocycles. The molecule has 2 rings (SSSR count). The van der Waals surface area contributed by atoms with Crippen molar-refractivity contribution in [3.05, 3.63) is 48.0 Å². The molecule has 9 nitrogen and oxygen atoms in total. The fourth-order valence-corrected chi connectivity index (χ4v) is 4.56. The second kappa shape index (κ2) is 11.5. The van der Waals surface area contributed by atoms with Gasteiger partial charge in [-0.05, 0) is 43.3 Å². The molecule has 0 saturated carbocycles. The van der Waals surface area contributed by atoms with Crippen molar-refractivity contribution in [2.24, 2.45) is 0 Å². The number of sulfonamides is 1. The van der Waals surface area contributed by atoms with Gasteiger partial charge in [0.1, 0.15) is 16.4 Å². The first-order chi connectivity index (χ1) is 15.3. The van der Waals surface area contributed by atoms with E-state index >= 15 is 0 Å². The molecule has 2 aromatic rings. The Morgan fingerprint density at radius 1 is 1.00 bits per heavy atom. The Morgan fingerprint density at radius 2 is 1.72 bits per heavy atom. The van der Waals surface area contributed by atoms with Gasteiger partial charge in [0.2, 0.25) is 10.0 Å². The Labute approximate surface area is 188 Å². The third-order valence-corrected chi connectivity index (χ3v) is 6.55. The van der Waals surface area contributed by atoms with Gasteiger partial charge in [0.05, 0.1) is 19.3 Å². The summed E-state index contributed by atoms with van der Waals surface area (Å²) in [6.07, 6.45) is 0. The zero-order valence-electron chi connectivity index (χ0n) is 18.6. The lowest BCUT2D eigenvalue weighted by molar-refractivity contribution is -0.118. The van der Waals surface area contributed by atoms with Crippen molar-refractivity contribution in [3.63, 3.8) is 0 Å². The molecule has 0 aliphatic carbocycles. The number of nitrogens with one attached hydrogen (secondary N) is 1. The average Bonchev–Trinajstić information content (AvgIpc) is 2.79. The largest absolute Gasteiger partial charge is 0.492 e. The van der Waals surface area contributed by atoms with Crippen LogP contribution in [0.1, 0.15) is 31.1 Å². The van der Waals surface area contributed by atoms with Gasteiger partial charge in [0, 0.05) is 18.8 Å². The number of anilines is 1. The van der Waals surface area contributed by atoms with Crippen molar-refractivity contribution in [2.75, 3.05) is 38.7 Å². The highest BCUT2D eigenvalue weighted by Crippen LogP contribution is 2.30. The summed E-state index contributed by atoms with van der Waals surface area (Å²) in [4.78, 5) is 23.9. The lowest BCUT2D eigenvalue weighted by Gasteiger charge is -2.21. The molecule has 0 radical (unpaired) electrons. The van der Waals surface area contributed by atoms with Gasteiger partial charge >= 0.3 is 5.97 Å². The summed E-state index contributed by atoms with van der Waals surface area (Å²) in [5.74, 6) is -0.479. The molecule has 0 unspecified atom stereocenters. The van der Waals surface area contributed by atoms with E-state index in [0.717, 1.165) is 0 Å². The number of esters is 1. The van der Waals surface area contributed by atoms with Crippen LogP contribution in [0.5, 0.6) is 11.5 Å². The second-order valence-electron chi connectivity index (χ2n) is 6.54. The predicted octanol–water partition coefficient (Wildman–Crippen LogP) is 2.92. The molecule has 0 fully saturated rings. The molecule has 0 aliphatic heterocycles. The highest BCUT2D eigenvalue weighted by atomic mass is 32.2. The molecule has 0 bridgehead atoms. The summed E-state index contributed by atoms with van der Waals surface area (Å²) < 4.78 is 42.9. The standard InChI is InChI=1S/C22H28N2O7S/c1-5-24(6-2)32(27,28)20-14-17(11-12-19(20)30-7-3)23-21(25)15-31-18-10-8-9-16(13-18)22(26)29-4/h8-14H,5-7,15H2,1-4H3,(H,23,25). The van der Waals surface area contributed by atoms with Gasteiger partial charge < -0.3 is 19.5 Å². The molecular formula is C22H28N2O7S. The second-order valence-corrected chi connectivity index (χ2v) is 8.45. The van der Waals surface area contributed by atoms with E-state index in [1.807, 2.05) is 0 Å². The van der Waals surface area contributed by atoms with Gasteiger partial charge in [-0.25, -0.2) is 13.2 Å². The SMILES string of the molecule is CCOc1ccc(NC(=O)COc2cccc(C(=O)OC)c2)cc1S(=O)(=O)N(CC)CC. The lowest BCUT2D eigenvalue weighted by Crippen LogP contribution is -2.31. The van der Waals surface area contributed by atoms with E-state index in [1.54, 1.807) is 45.0 Å².